The average molecular weight is 346 g/mol. The van der Waals surface area contributed by atoms with E-state index in [4.69, 9.17) is 5.73 Å². The van der Waals surface area contributed by atoms with Gasteiger partial charge in [0.2, 0.25) is 5.91 Å². The Kier molecular flexibility index (Phi) is 6.73. The van der Waals surface area contributed by atoms with Crippen LogP contribution in [0.2, 0.25) is 0 Å². The maximum absolute atomic E-state index is 12.6. The molecule has 0 spiro atoms. The van der Waals surface area contributed by atoms with Gasteiger partial charge >= 0.3 is 0 Å². The molecule has 25 heavy (non-hydrogen) atoms. The third-order valence-electron chi connectivity index (χ3n) is 4.95. The largest absolute Gasteiger partial charge is 0.384 e. The van der Waals surface area contributed by atoms with Crippen LogP contribution in [-0.2, 0) is 16.0 Å². The molecular formula is C20H30N2O3. The van der Waals surface area contributed by atoms with Gasteiger partial charge in [0, 0.05) is 31.0 Å². The number of Topliss-reactive ketones (excluding diaryl/α,β-unsaturated/α-hetero) is 1. The molecule has 1 fully saturated rings. The summed E-state index contributed by atoms with van der Waals surface area (Å²) in [7, 11) is 0. The minimum atomic E-state index is -1.24. The van der Waals surface area contributed by atoms with Crippen LogP contribution < -0.4 is 5.73 Å². The topological polar surface area (TPSA) is 83.6 Å². The molecule has 1 heterocycles. The summed E-state index contributed by atoms with van der Waals surface area (Å²) in [5.41, 5.74) is 7.01. The van der Waals surface area contributed by atoms with Crippen molar-refractivity contribution in [2.45, 2.75) is 58.2 Å². The highest BCUT2D eigenvalue weighted by atomic mass is 16.3. The van der Waals surface area contributed by atoms with Crippen molar-refractivity contribution in [2.75, 3.05) is 6.54 Å². The molecule has 1 saturated heterocycles. The first kappa shape index (κ1) is 19.6. The van der Waals surface area contributed by atoms with E-state index in [-0.39, 0.29) is 30.1 Å². The Morgan fingerprint density at radius 2 is 1.96 bits per heavy atom. The zero-order valence-electron chi connectivity index (χ0n) is 15.4. The zero-order chi connectivity index (χ0) is 18.6. The predicted octanol–water partition coefficient (Wildman–Crippen LogP) is 1.77. The number of rotatable bonds is 7. The smallest absolute Gasteiger partial charge is 0.226 e. The Hall–Kier alpha value is -1.72. The summed E-state index contributed by atoms with van der Waals surface area (Å²) in [5.74, 6) is -0.310. The first-order chi connectivity index (χ1) is 11.8. The molecule has 5 heteroatoms. The lowest BCUT2D eigenvalue weighted by Gasteiger charge is -2.38. The molecule has 1 aromatic rings. The van der Waals surface area contributed by atoms with Gasteiger partial charge in [0.1, 0.15) is 6.10 Å². The molecule has 0 aliphatic carbocycles. The molecule has 138 valence electrons. The predicted molar refractivity (Wildman–Crippen MR) is 97.9 cm³/mol. The third-order valence-corrected chi connectivity index (χ3v) is 4.95. The molecule has 1 amide bonds. The number of benzene rings is 1. The number of aliphatic hydroxyl groups excluding tert-OH is 1. The number of piperidine rings is 1. The molecule has 0 bridgehead atoms. The van der Waals surface area contributed by atoms with Gasteiger partial charge in [-0.15, -0.1) is 0 Å². The lowest BCUT2D eigenvalue weighted by Crippen LogP contribution is -2.50. The van der Waals surface area contributed by atoms with Crippen LogP contribution in [0.4, 0.5) is 0 Å². The lowest BCUT2D eigenvalue weighted by atomic mass is 9.84. The molecule has 4 atom stereocenters. The van der Waals surface area contributed by atoms with Crippen molar-refractivity contribution < 1.29 is 14.7 Å². The number of likely N-dealkylation sites (tertiary alicyclic amines) is 1. The summed E-state index contributed by atoms with van der Waals surface area (Å²) >= 11 is 0. The summed E-state index contributed by atoms with van der Waals surface area (Å²) in [5, 5.41) is 10.3. The van der Waals surface area contributed by atoms with Gasteiger partial charge in [-0.1, -0.05) is 37.3 Å². The summed E-state index contributed by atoms with van der Waals surface area (Å²) in [6.45, 7) is 6.80. The Labute approximate surface area is 150 Å². The monoisotopic (exact) mass is 346 g/mol. The van der Waals surface area contributed by atoms with Crippen LogP contribution in [0.5, 0.6) is 0 Å². The lowest BCUT2D eigenvalue weighted by molar-refractivity contribution is -0.145. The standard InChI is InChI=1S/C20H30N2O3/c1-13(2)22-12-14(3)9-16(20(22)25)11-18(23)19(24)17(21)10-15-7-5-4-6-8-15/h4-8,13-14,16-17,19,24H,9-12,21H2,1-3H3/t14?,16-,17-,19+/m1/s1. The van der Waals surface area contributed by atoms with Crippen molar-refractivity contribution in [2.24, 2.45) is 17.6 Å². The highest BCUT2D eigenvalue weighted by Gasteiger charge is 2.36. The van der Waals surface area contributed by atoms with Gasteiger partial charge in [-0.2, -0.15) is 0 Å². The van der Waals surface area contributed by atoms with Gasteiger partial charge in [-0.05, 0) is 38.2 Å². The third kappa shape index (κ3) is 5.13. The van der Waals surface area contributed by atoms with Crippen LogP contribution in [-0.4, -0.2) is 46.4 Å². The quantitative estimate of drug-likeness (QED) is 0.788. The number of nitrogens with zero attached hydrogens (tertiary/aromatic N) is 1. The van der Waals surface area contributed by atoms with E-state index in [2.05, 4.69) is 6.92 Å². The van der Waals surface area contributed by atoms with Gasteiger partial charge in [0.25, 0.3) is 0 Å². The summed E-state index contributed by atoms with van der Waals surface area (Å²) in [6, 6.07) is 9.02. The Morgan fingerprint density at radius 1 is 1.32 bits per heavy atom. The van der Waals surface area contributed by atoms with Crippen LogP contribution in [0.1, 0.15) is 39.2 Å². The fourth-order valence-electron chi connectivity index (χ4n) is 3.56. The fraction of sp³-hybridized carbons (Fsp3) is 0.600. The molecule has 0 aromatic heterocycles. The van der Waals surface area contributed by atoms with E-state index in [1.165, 1.54) is 0 Å². The summed E-state index contributed by atoms with van der Waals surface area (Å²) < 4.78 is 0. The minimum Gasteiger partial charge on any atom is -0.384 e. The first-order valence-corrected chi connectivity index (χ1v) is 9.10. The highest BCUT2D eigenvalue weighted by molar-refractivity contribution is 5.90. The normalized spacial score (nSPS) is 23.6. The maximum atomic E-state index is 12.6. The van der Waals surface area contributed by atoms with Crippen molar-refractivity contribution in [3.05, 3.63) is 35.9 Å². The number of aliphatic hydroxyl groups is 1. The van der Waals surface area contributed by atoms with E-state index >= 15 is 0 Å². The Balaban J connectivity index is 1.96. The Bertz CT molecular complexity index is 588. The van der Waals surface area contributed by atoms with Crippen molar-refractivity contribution in [1.82, 2.24) is 4.90 Å². The molecule has 1 unspecified atom stereocenters. The average Bonchev–Trinajstić information content (AvgIpc) is 2.57. The molecule has 2 rings (SSSR count). The summed E-state index contributed by atoms with van der Waals surface area (Å²) in [4.78, 5) is 26.9. The second kappa shape index (κ2) is 8.59. The number of ketones is 1. The van der Waals surface area contributed by atoms with Gasteiger partial charge in [-0.25, -0.2) is 0 Å². The first-order valence-electron chi connectivity index (χ1n) is 9.10. The van der Waals surface area contributed by atoms with Gasteiger partial charge in [0.05, 0.1) is 0 Å². The molecule has 1 aromatic carbocycles. The van der Waals surface area contributed by atoms with Gasteiger partial charge in [0.15, 0.2) is 5.78 Å². The van der Waals surface area contributed by atoms with E-state index in [1.54, 1.807) is 0 Å². The van der Waals surface area contributed by atoms with Crippen molar-refractivity contribution >= 4 is 11.7 Å². The van der Waals surface area contributed by atoms with Crippen molar-refractivity contribution in [1.29, 1.82) is 0 Å². The molecule has 0 radical (unpaired) electrons. The number of hydrogen-bond acceptors (Lipinski definition) is 4. The van der Waals surface area contributed by atoms with Crippen molar-refractivity contribution in [3.8, 4) is 0 Å². The maximum Gasteiger partial charge on any atom is 0.226 e. The van der Waals surface area contributed by atoms with E-state index in [1.807, 2.05) is 49.1 Å². The fourth-order valence-corrected chi connectivity index (χ4v) is 3.56. The van der Waals surface area contributed by atoms with Crippen LogP contribution in [0.15, 0.2) is 30.3 Å². The molecule has 1 aliphatic rings. The second-order valence-electron chi connectivity index (χ2n) is 7.59. The SMILES string of the molecule is CC1C[C@H](CC(=O)[C@@H](O)[C@H](N)Cc2ccccc2)C(=O)N(C(C)C)C1. The number of nitrogens with two attached hydrogens (primary N) is 1. The van der Waals surface area contributed by atoms with Crippen LogP contribution >= 0.6 is 0 Å². The molecular weight excluding hydrogens is 316 g/mol. The van der Waals surface area contributed by atoms with E-state index in [9.17, 15) is 14.7 Å². The number of hydrogen-bond donors (Lipinski definition) is 2. The Morgan fingerprint density at radius 3 is 2.56 bits per heavy atom. The van der Waals surface area contributed by atoms with Crippen LogP contribution in [0.3, 0.4) is 0 Å². The summed E-state index contributed by atoms with van der Waals surface area (Å²) in [6.07, 6.45) is -0.0523. The van der Waals surface area contributed by atoms with E-state index in [0.717, 1.165) is 12.1 Å². The van der Waals surface area contributed by atoms with Gasteiger partial charge < -0.3 is 15.7 Å². The molecule has 5 nitrogen and oxygen atoms in total. The van der Waals surface area contributed by atoms with E-state index < -0.39 is 12.1 Å². The highest BCUT2D eigenvalue weighted by Crippen LogP contribution is 2.27. The van der Waals surface area contributed by atoms with Crippen molar-refractivity contribution in [3.63, 3.8) is 0 Å². The zero-order valence-corrected chi connectivity index (χ0v) is 15.4. The van der Waals surface area contributed by atoms with Crippen LogP contribution in [0, 0.1) is 11.8 Å². The molecule has 3 N–H and O–H groups in total. The number of amides is 1. The second-order valence-corrected chi connectivity index (χ2v) is 7.59. The molecule has 1 aliphatic heterocycles. The van der Waals surface area contributed by atoms with Crippen LogP contribution in [0.25, 0.3) is 0 Å². The minimum absolute atomic E-state index is 0.0188. The van der Waals surface area contributed by atoms with Gasteiger partial charge in [-0.3, -0.25) is 9.59 Å². The number of carbonyl (C=O) groups excluding carboxylic acids is 2. The number of carbonyl (C=O) groups is 2. The molecule has 0 saturated carbocycles. The van der Waals surface area contributed by atoms with E-state index in [0.29, 0.717) is 18.8 Å².